The Labute approximate surface area is 164 Å². The summed E-state index contributed by atoms with van der Waals surface area (Å²) >= 11 is 5.98. The van der Waals surface area contributed by atoms with E-state index in [1.54, 1.807) is 7.11 Å². The van der Waals surface area contributed by atoms with Gasteiger partial charge in [-0.2, -0.15) is 0 Å². The number of rotatable bonds is 7. The average Bonchev–Trinajstić information content (AvgIpc) is 2.69. The van der Waals surface area contributed by atoms with E-state index in [0.29, 0.717) is 11.4 Å². The summed E-state index contributed by atoms with van der Waals surface area (Å²) < 4.78 is 5.24. The predicted molar refractivity (Wildman–Crippen MR) is 111 cm³/mol. The van der Waals surface area contributed by atoms with Gasteiger partial charge in [-0.15, -0.1) is 0 Å². The van der Waals surface area contributed by atoms with E-state index in [9.17, 15) is 4.79 Å². The summed E-state index contributed by atoms with van der Waals surface area (Å²) in [6.45, 7) is 2.01. The van der Waals surface area contributed by atoms with Crippen molar-refractivity contribution in [2.24, 2.45) is 0 Å². The van der Waals surface area contributed by atoms with Crippen LogP contribution in [-0.4, -0.2) is 12.9 Å². The van der Waals surface area contributed by atoms with Gasteiger partial charge in [-0.1, -0.05) is 53.6 Å². The van der Waals surface area contributed by atoms with Crippen molar-refractivity contribution in [2.75, 3.05) is 12.4 Å². The number of hydrogen-bond donors (Lipinski definition) is 1. The molecule has 1 atom stereocenters. The van der Waals surface area contributed by atoms with Crippen LogP contribution in [0.1, 0.15) is 33.9 Å². The Bertz CT molecular complexity index is 887. The fraction of sp³-hybridized carbons (Fsp3) is 0.174. The first-order valence-corrected chi connectivity index (χ1v) is 9.19. The number of hydrogen-bond acceptors (Lipinski definition) is 3. The number of methoxy groups -OCH3 is 1. The van der Waals surface area contributed by atoms with Crippen LogP contribution in [0.4, 0.5) is 5.69 Å². The predicted octanol–water partition coefficient (Wildman–Crippen LogP) is 6.08. The number of ether oxygens (including phenoxy) is 1. The minimum absolute atomic E-state index is 0.0947. The summed E-state index contributed by atoms with van der Waals surface area (Å²) in [5, 5.41) is 4.13. The Kier molecular flexibility index (Phi) is 6.15. The number of Topliss-reactive ketones (excluding diaryl/α,β-unsaturated/α-hetero) is 1. The molecule has 138 valence electrons. The molecule has 0 spiro atoms. The van der Waals surface area contributed by atoms with Crippen LogP contribution in [0.2, 0.25) is 5.02 Å². The van der Waals surface area contributed by atoms with Gasteiger partial charge in [-0.3, -0.25) is 4.79 Å². The van der Waals surface area contributed by atoms with Gasteiger partial charge in [-0.25, -0.2) is 0 Å². The zero-order valence-electron chi connectivity index (χ0n) is 15.4. The molecule has 0 saturated heterocycles. The highest BCUT2D eigenvalue weighted by atomic mass is 35.5. The molecule has 0 fully saturated rings. The zero-order chi connectivity index (χ0) is 19.2. The third-order valence-corrected chi connectivity index (χ3v) is 4.72. The number of carbonyl (C=O) groups excluding carboxylic acids is 1. The molecule has 0 bridgehead atoms. The fourth-order valence-corrected chi connectivity index (χ4v) is 3.00. The molecule has 0 aromatic heterocycles. The maximum absolute atomic E-state index is 12.8. The summed E-state index contributed by atoms with van der Waals surface area (Å²) in [4.78, 5) is 12.8. The number of carbonyl (C=O) groups is 1. The number of ketones is 1. The number of nitrogens with one attached hydrogen (secondary N) is 1. The van der Waals surface area contributed by atoms with E-state index in [1.165, 1.54) is 0 Å². The van der Waals surface area contributed by atoms with E-state index in [-0.39, 0.29) is 11.8 Å². The Hall–Kier alpha value is -2.78. The molecule has 3 nitrogen and oxygen atoms in total. The van der Waals surface area contributed by atoms with Gasteiger partial charge in [0.2, 0.25) is 0 Å². The van der Waals surface area contributed by atoms with Crippen LogP contribution in [0.3, 0.4) is 0 Å². The Balaban J connectivity index is 1.84. The van der Waals surface area contributed by atoms with Crippen LogP contribution in [0.15, 0.2) is 72.8 Å². The van der Waals surface area contributed by atoms with E-state index in [1.807, 2.05) is 79.7 Å². The standard InChI is InChI=1S/C23H22ClNO2/c1-16-3-5-18(6-4-16)23(26)15-22(17-7-13-21(27-2)14-8-17)25-20-11-9-19(24)10-12-20/h3-14,22,25H,15H2,1-2H3/t22-/m1/s1. The Morgan fingerprint density at radius 3 is 2.19 bits per heavy atom. The van der Waals surface area contributed by atoms with Crippen LogP contribution in [0.25, 0.3) is 0 Å². The summed E-state index contributed by atoms with van der Waals surface area (Å²) in [5.74, 6) is 0.881. The lowest BCUT2D eigenvalue weighted by molar-refractivity contribution is 0.0976. The van der Waals surface area contributed by atoms with E-state index in [0.717, 1.165) is 28.1 Å². The van der Waals surface area contributed by atoms with Gasteiger partial charge in [0.1, 0.15) is 5.75 Å². The van der Waals surface area contributed by atoms with Crippen molar-refractivity contribution >= 4 is 23.1 Å². The van der Waals surface area contributed by atoms with Crippen LogP contribution >= 0.6 is 11.6 Å². The monoisotopic (exact) mass is 379 g/mol. The molecule has 0 amide bonds. The first-order chi connectivity index (χ1) is 13.0. The molecule has 0 unspecified atom stereocenters. The Morgan fingerprint density at radius 2 is 1.59 bits per heavy atom. The molecule has 3 aromatic rings. The normalized spacial score (nSPS) is 11.7. The largest absolute Gasteiger partial charge is 0.497 e. The van der Waals surface area contributed by atoms with Crippen molar-refractivity contribution in [3.63, 3.8) is 0 Å². The molecule has 0 heterocycles. The van der Waals surface area contributed by atoms with E-state index < -0.39 is 0 Å². The minimum Gasteiger partial charge on any atom is -0.497 e. The van der Waals surface area contributed by atoms with E-state index in [4.69, 9.17) is 16.3 Å². The van der Waals surface area contributed by atoms with E-state index in [2.05, 4.69) is 5.32 Å². The van der Waals surface area contributed by atoms with Crippen molar-refractivity contribution in [3.8, 4) is 5.75 Å². The highest BCUT2D eigenvalue weighted by Crippen LogP contribution is 2.27. The molecular weight excluding hydrogens is 358 g/mol. The fourth-order valence-electron chi connectivity index (χ4n) is 2.88. The molecule has 0 radical (unpaired) electrons. The highest BCUT2D eigenvalue weighted by Gasteiger charge is 2.17. The van der Waals surface area contributed by atoms with Crippen molar-refractivity contribution in [2.45, 2.75) is 19.4 Å². The van der Waals surface area contributed by atoms with Crippen LogP contribution in [-0.2, 0) is 0 Å². The van der Waals surface area contributed by atoms with Crippen molar-refractivity contribution in [3.05, 3.63) is 94.5 Å². The summed E-state index contributed by atoms with van der Waals surface area (Å²) in [7, 11) is 1.64. The smallest absolute Gasteiger partial charge is 0.165 e. The summed E-state index contributed by atoms with van der Waals surface area (Å²) in [5.41, 5.74) is 3.79. The van der Waals surface area contributed by atoms with Gasteiger partial charge in [0.15, 0.2) is 5.78 Å². The average molecular weight is 380 g/mol. The van der Waals surface area contributed by atoms with Gasteiger partial charge in [0.25, 0.3) is 0 Å². The molecule has 0 aliphatic carbocycles. The lowest BCUT2D eigenvalue weighted by Gasteiger charge is -2.20. The van der Waals surface area contributed by atoms with Crippen LogP contribution in [0, 0.1) is 6.92 Å². The second-order valence-electron chi connectivity index (χ2n) is 6.47. The molecule has 0 aliphatic rings. The number of anilines is 1. The molecule has 0 saturated carbocycles. The number of aryl methyl sites for hydroxylation is 1. The maximum Gasteiger partial charge on any atom is 0.165 e. The molecule has 4 heteroatoms. The van der Waals surface area contributed by atoms with Crippen molar-refractivity contribution in [1.82, 2.24) is 0 Å². The SMILES string of the molecule is COc1ccc([C@@H](CC(=O)c2ccc(C)cc2)Nc2ccc(Cl)cc2)cc1. The lowest BCUT2D eigenvalue weighted by atomic mass is 9.97. The minimum atomic E-state index is -0.161. The van der Waals surface area contributed by atoms with Gasteiger partial charge >= 0.3 is 0 Å². The van der Waals surface area contributed by atoms with Gasteiger partial charge < -0.3 is 10.1 Å². The molecule has 3 aromatic carbocycles. The second-order valence-corrected chi connectivity index (χ2v) is 6.91. The van der Waals surface area contributed by atoms with Gasteiger partial charge in [0, 0.05) is 22.7 Å². The third-order valence-electron chi connectivity index (χ3n) is 4.47. The highest BCUT2D eigenvalue weighted by molar-refractivity contribution is 6.30. The second kappa shape index (κ2) is 8.74. The third kappa shape index (κ3) is 5.11. The molecule has 0 aliphatic heterocycles. The lowest BCUT2D eigenvalue weighted by Crippen LogP contribution is -2.16. The van der Waals surface area contributed by atoms with E-state index >= 15 is 0 Å². The zero-order valence-corrected chi connectivity index (χ0v) is 16.2. The first-order valence-electron chi connectivity index (χ1n) is 8.81. The topological polar surface area (TPSA) is 38.3 Å². The first kappa shape index (κ1) is 19.0. The van der Waals surface area contributed by atoms with Gasteiger partial charge in [-0.05, 0) is 48.9 Å². The molecule has 3 rings (SSSR count). The molecular formula is C23H22ClNO2. The number of benzene rings is 3. The van der Waals surface area contributed by atoms with Crippen LogP contribution in [0.5, 0.6) is 5.75 Å². The quantitative estimate of drug-likeness (QED) is 0.505. The van der Waals surface area contributed by atoms with Crippen molar-refractivity contribution < 1.29 is 9.53 Å². The molecule has 1 N–H and O–H groups in total. The number of halogens is 1. The maximum atomic E-state index is 12.8. The summed E-state index contributed by atoms with van der Waals surface area (Å²) in [6.07, 6.45) is 0.345. The van der Waals surface area contributed by atoms with Gasteiger partial charge in [0.05, 0.1) is 13.2 Å². The van der Waals surface area contributed by atoms with Crippen molar-refractivity contribution in [1.29, 1.82) is 0 Å². The molecule has 27 heavy (non-hydrogen) atoms. The Morgan fingerprint density at radius 1 is 0.963 bits per heavy atom. The summed E-state index contributed by atoms with van der Waals surface area (Å²) in [6, 6.07) is 22.8. The van der Waals surface area contributed by atoms with Crippen LogP contribution < -0.4 is 10.1 Å².